The quantitative estimate of drug-likeness (QED) is 0.926. The Kier molecular flexibility index (Phi) is 3.67. The van der Waals surface area contributed by atoms with E-state index in [9.17, 15) is 18.0 Å². The van der Waals surface area contributed by atoms with Crippen LogP contribution in [0.4, 0.5) is 13.2 Å². The predicted octanol–water partition coefficient (Wildman–Crippen LogP) is 2.30. The second-order valence-electron chi connectivity index (χ2n) is 3.70. The Balaban J connectivity index is 2.70. The zero-order valence-corrected chi connectivity index (χ0v) is 10.8. The molecule has 0 aromatic carbocycles. The number of nitrogens with zero attached hydrogens (tertiary/aromatic N) is 3. The van der Waals surface area contributed by atoms with E-state index in [4.69, 9.17) is 11.6 Å². The van der Waals surface area contributed by atoms with Gasteiger partial charge in [-0.1, -0.05) is 11.6 Å². The molecule has 0 aliphatic heterocycles. The summed E-state index contributed by atoms with van der Waals surface area (Å²) in [7, 11) is 1.23. The number of halogens is 4. The van der Waals surface area contributed by atoms with Crippen molar-refractivity contribution in [3.63, 3.8) is 0 Å². The first-order valence-corrected chi connectivity index (χ1v) is 5.72. The zero-order chi connectivity index (χ0) is 14.9. The van der Waals surface area contributed by atoms with Gasteiger partial charge in [-0.15, -0.1) is 0 Å². The van der Waals surface area contributed by atoms with E-state index in [-0.39, 0.29) is 10.8 Å². The highest BCUT2D eigenvalue weighted by molar-refractivity contribution is 6.32. The van der Waals surface area contributed by atoms with Crippen molar-refractivity contribution in [1.82, 2.24) is 20.1 Å². The topological polar surface area (TPSA) is 59.8 Å². The maximum Gasteiger partial charge on any atom is 0.434 e. The fraction of sp³-hybridized carbons (Fsp3) is 0.182. The Bertz CT molecular complexity index is 653. The van der Waals surface area contributed by atoms with Crippen LogP contribution >= 0.6 is 11.6 Å². The number of pyridine rings is 1. The summed E-state index contributed by atoms with van der Waals surface area (Å²) in [5, 5.41) is 5.69. The number of nitrogens with one attached hydrogen (secondary N) is 1. The van der Waals surface area contributed by atoms with Gasteiger partial charge in [-0.25, -0.2) is 9.67 Å². The lowest BCUT2D eigenvalue weighted by molar-refractivity contribution is -0.143. The first-order valence-electron chi connectivity index (χ1n) is 5.34. The van der Waals surface area contributed by atoms with Crippen molar-refractivity contribution < 1.29 is 18.0 Å². The highest BCUT2D eigenvalue weighted by Crippen LogP contribution is 2.34. The van der Waals surface area contributed by atoms with E-state index in [1.807, 2.05) is 0 Å². The third-order valence-electron chi connectivity index (χ3n) is 2.45. The molecule has 106 valence electrons. The highest BCUT2D eigenvalue weighted by Gasteiger charge is 2.41. The molecule has 0 bridgehead atoms. The van der Waals surface area contributed by atoms with Crippen molar-refractivity contribution in [1.29, 1.82) is 0 Å². The van der Waals surface area contributed by atoms with Crippen LogP contribution in [0.3, 0.4) is 0 Å². The number of carbonyl (C=O) groups is 1. The summed E-state index contributed by atoms with van der Waals surface area (Å²) in [6.07, 6.45) is -2.67. The van der Waals surface area contributed by atoms with Gasteiger partial charge in [0.25, 0.3) is 5.91 Å². The third kappa shape index (κ3) is 2.46. The standard InChI is InChI=1S/C11H8ClF3N4O/c1-16-10(20)6-5-18-19(8(6)11(13,14)15)9-7(12)3-2-4-17-9/h2-5H,1H3,(H,16,20). The molecule has 0 fully saturated rings. The van der Waals surface area contributed by atoms with Gasteiger partial charge in [0.15, 0.2) is 11.5 Å². The van der Waals surface area contributed by atoms with Gasteiger partial charge in [0, 0.05) is 13.2 Å². The Morgan fingerprint density at radius 3 is 2.70 bits per heavy atom. The van der Waals surface area contributed by atoms with Crippen molar-refractivity contribution in [3.8, 4) is 5.82 Å². The highest BCUT2D eigenvalue weighted by atomic mass is 35.5. The summed E-state index contributed by atoms with van der Waals surface area (Å²) in [6, 6.07) is 2.85. The molecule has 9 heteroatoms. The largest absolute Gasteiger partial charge is 0.434 e. The third-order valence-corrected chi connectivity index (χ3v) is 2.74. The van der Waals surface area contributed by atoms with E-state index < -0.39 is 23.3 Å². The van der Waals surface area contributed by atoms with Crippen LogP contribution in [0.2, 0.25) is 5.02 Å². The minimum atomic E-state index is -4.78. The number of rotatable bonds is 2. The monoisotopic (exact) mass is 304 g/mol. The molecule has 0 saturated carbocycles. The van der Waals surface area contributed by atoms with Gasteiger partial charge in [0.05, 0.1) is 16.8 Å². The van der Waals surface area contributed by atoms with Crippen LogP contribution in [0.15, 0.2) is 24.5 Å². The second-order valence-corrected chi connectivity index (χ2v) is 4.11. The molecule has 20 heavy (non-hydrogen) atoms. The predicted molar refractivity (Wildman–Crippen MR) is 64.8 cm³/mol. The molecular formula is C11H8ClF3N4O. The maximum absolute atomic E-state index is 13.1. The summed E-state index contributed by atoms with van der Waals surface area (Å²) < 4.78 is 39.9. The zero-order valence-electron chi connectivity index (χ0n) is 10.1. The molecule has 0 unspecified atom stereocenters. The fourth-order valence-electron chi connectivity index (χ4n) is 1.62. The number of amides is 1. The van der Waals surface area contributed by atoms with Crippen LogP contribution in [0.5, 0.6) is 0 Å². The van der Waals surface area contributed by atoms with Gasteiger partial charge < -0.3 is 5.32 Å². The lowest BCUT2D eigenvalue weighted by Crippen LogP contribution is -2.23. The molecule has 0 aliphatic carbocycles. The number of carbonyl (C=O) groups excluding carboxylic acids is 1. The Hall–Kier alpha value is -2.09. The number of hydrogen-bond acceptors (Lipinski definition) is 3. The molecule has 2 heterocycles. The first kappa shape index (κ1) is 14.3. The molecule has 0 aliphatic rings. The van der Waals surface area contributed by atoms with Crippen molar-refractivity contribution >= 4 is 17.5 Å². The first-order chi connectivity index (χ1) is 9.36. The molecule has 1 amide bonds. The van der Waals surface area contributed by atoms with Gasteiger partial charge in [-0.05, 0) is 12.1 Å². The lowest BCUT2D eigenvalue weighted by Gasteiger charge is -2.12. The molecule has 2 aromatic heterocycles. The summed E-state index contributed by atoms with van der Waals surface area (Å²) in [5.41, 5.74) is -1.82. The van der Waals surface area contributed by atoms with Gasteiger partial charge in [0.2, 0.25) is 0 Å². The minimum Gasteiger partial charge on any atom is -0.355 e. The Morgan fingerprint density at radius 2 is 2.15 bits per heavy atom. The van der Waals surface area contributed by atoms with Gasteiger partial charge >= 0.3 is 6.18 Å². The van der Waals surface area contributed by atoms with Crippen molar-refractivity contribution in [2.75, 3.05) is 7.05 Å². The van der Waals surface area contributed by atoms with E-state index in [2.05, 4.69) is 15.4 Å². The maximum atomic E-state index is 13.1. The normalized spacial score (nSPS) is 11.4. The summed E-state index contributed by atoms with van der Waals surface area (Å²) in [4.78, 5) is 15.3. The average Bonchev–Trinajstić information content (AvgIpc) is 2.83. The van der Waals surface area contributed by atoms with Crippen LogP contribution in [0.25, 0.3) is 5.82 Å². The van der Waals surface area contributed by atoms with Gasteiger partial charge in [-0.2, -0.15) is 18.3 Å². The van der Waals surface area contributed by atoms with Crippen molar-refractivity contribution in [3.05, 3.63) is 40.8 Å². The minimum absolute atomic E-state index is 0.00967. The van der Waals surface area contributed by atoms with Crippen molar-refractivity contribution in [2.24, 2.45) is 0 Å². The van der Waals surface area contributed by atoms with E-state index in [0.717, 1.165) is 6.20 Å². The number of hydrogen-bond donors (Lipinski definition) is 1. The molecule has 1 N–H and O–H groups in total. The summed E-state index contributed by atoms with van der Waals surface area (Å²) in [5.74, 6) is -1.09. The van der Waals surface area contributed by atoms with Crippen LogP contribution in [-0.4, -0.2) is 27.7 Å². The number of alkyl halides is 3. The van der Waals surface area contributed by atoms with E-state index in [1.165, 1.54) is 25.4 Å². The molecule has 0 atom stereocenters. The van der Waals surface area contributed by atoms with Crippen LogP contribution in [0.1, 0.15) is 16.1 Å². The Labute approximate surface area is 116 Å². The average molecular weight is 305 g/mol. The van der Waals surface area contributed by atoms with E-state index in [1.54, 1.807) is 0 Å². The Morgan fingerprint density at radius 1 is 1.45 bits per heavy atom. The van der Waals surface area contributed by atoms with Gasteiger partial charge in [0.1, 0.15) is 0 Å². The molecule has 2 aromatic rings. The fourth-order valence-corrected chi connectivity index (χ4v) is 1.82. The number of aromatic nitrogens is 3. The van der Waals surface area contributed by atoms with Crippen LogP contribution in [-0.2, 0) is 6.18 Å². The van der Waals surface area contributed by atoms with Gasteiger partial charge in [-0.3, -0.25) is 4.79 Å². The van der Waals surface area contributed by atoms with E-state index >= 15 is 0 Å². The lowest BCUT2D eigenvalue weighted by atomic mass is 10.2. The van der Waals surface area contributed by atoms with Crippen LogP contribution < -0.4 is 5.32 Å². The second kappa shape index (κ2) is 5.12. The molecule has 0 radical (unpaired) electrons. The van der Waals surface area contributed by atoms with E-state index in [0.29, 0.717) is 4.68 Å². The SMILES string of the molecule is CNC(=O)c1cnn(-c2ncccc2Cl)c1C(F)(F)F. The van der Waals surface area contributed by atoms with Crippen LogP contribution in [0, 0.1) is 0 Å². The molecule has 5 nitrogen and oxygen atoms in total. The van der Waals surface area contributed by atoms with Crippen molar-refractivity contribution in [2.45, 2.75) is 6.18 Å². The molecule has 0 saturated heterocycles. The summed E-state index contributed by atoms with van der Waals surface area (Å²) in [6.45, 7) is 0. The molecule has 0 spiro atoms. The summed E-state index contributed by atoms with van der Waals surface area (Å²) >= 11 is 5.81. The molecular weight excluding hydrogens is 297 g/mol. The smallest absolute Gasteiger partial charge is 0.355 e. The molecule has 2 rings (SSSR count).